The third kappa shape index (κ3) is 2.44. The maximum absolute atomic E-state index is 10.8. The Morgan fingerprint density at radius 3 is 2.74 bits per heavy atom. The number of aliphatic hydroxyl groups is 1. The molecule has 2 heteroatoms. The minimum atomic E-state index is -0.262. The standard InChI is InChI=1S/C17H25NO/c1-11-3-2-4-13(7-11)16(10-18)17(19)15-9-12-5-6-14(15)8-12/h2-4,7,12,14-17,19H,5-6,8-10,18H2,1H3. The monoisotopic (exact) mass is 259 g/mol. The second kappa shape index (κ2) is 5.26. The predicted octanol–water partition coefficient (Wildman–Crippen LogP) is 2.83. The van der Waals surface area contributed by atoms with E-state index in [9.17, 15) is 5.11 Å². The van der Waals surface area contributed by atoms with Crippen molar-refractivity contribution in [2.24, 2.45) is 23.5 Å². The van der Waals surface area contributed by atoms with Gasteiger partial charge in [0.2, 0.25) is 0 Å². The fourth-order valence-electron chi connectivity index (χ4n) is 4.38. The minimum absolute atomic E-state index is 0.101. The van der Waals surface area contributed by atoms with Gasteiger partial charge in [-0.25, -0.2) is 0 Å². The highest BCUT2D eigenvalue weighted by Gasteiger charge is 2.44. The van der Waals surface area contributed by atoms with E-state index >= 15 is 0 Å². The maximum Gasteiger partial charge on any atom is 0.0651 e. The van der Waals surface area contributed by atoms with Gasteiger partial charge >= 0.3 is 0 Å². The van der Waals surface area contributed by atoms with Crippen LogP contribution in [0.25, 0.3) is 0 Å². The van der Waals surface area contributed by atoms with E-state index in [0.717, 1.165) is 11.8 Å². The average molecular weight is 259 g/mol. The van der Waals surface area contributed by atoms with Crippen molar-refractivity contribution in [2.45, 2.75) is 44.6 Å². The SMILES string of the molecule is Cc1cccc(C(CN)C(O)C2CC3CCC2C3)c1. The molecule has 19 heavy (non-hydrogen) atoms. The zero-order chi connectivity index (χ0) is 13.4. The summed E-state index contributed by atoms with van der Waals surface area (Å²) < 4.78 is 0. The second-order valence-electron chi connectivity index (χ2n) is 6.59. The summed E-state index contributed by atoms with van der Waals surface area (Å²) in [7, 11) is 0. The molecule has 0 saturated heterocycles. The lowest BCUT2D eigenvalue weighted by atomic mass is 9.77. The number of hydrogen-bond acceptors (Lipinski definition) is 2. The van der Waals surface area contributed by atoms with Crippen molar-refractivity contribution in [3.8, 4) is 0 Å². The number of rotatable bonds is 4. The molecule has 0 aromatic heterocycles. The van der Waals surface area contributed by atoms with Gasteiger partial charge in [-0.1, -0.05) is 36.2 Å². The van der Waals surface area contributed by atoms with Gasteiger partial charge in [-0.05, 0) is 49.5 Å². The summed E-state index contributed by atoms with van der Waals surface area (Å²) in [6.07, 6.45) is 4.99. The Labute approximate surface area is 116 Å². The van der Waals surface area contributed by atoms with Gasteiger partial charge in [0.25, 0.3) is 0 Å². The highest BCUT2D eigenvalue weighted by molar-refractivity contribution is 5.27. The molecule has 2 aliphatic rings. The van der Waals surface area contributed by atoms with Crippen molar-refractivity contribution in [2.75, 3.05) is 6.54 Å². The van der Waals surface area contributed by atoms with Gasteiger partial charge in [0, 0.05) is 12.5 Å². The summed E-state index contributed by atoms with van der Waals surface area (Å²) in [6, 6.07) is 8.46. The van der Waals surface area contributed by atoms with Crippen molar-refractivity contribution in [1.82, 2.24) is 0 Å². The van der Waals surface area contributed by atoms with Gasteiger partial charge in [-0.3, -0.25) is 0 Å². The van der Waals surface area contributed by atoms with Crippen LogP contribution in [0.2, 0.25) is 0 Å². The van der Waals surface area contributed by atoms with Gasteiger partial charge in [-0.15, -0.1) is 0 Å². The smallest absolute Gasteiger partial charge is 0.0651 e. The molecule has 3 N–H and O–H groups in total. The van der Waals surface area contributed by atoms with E-state index in [2.05, 4.69) is 31.2 Å². The molecule has 2 nitrogen and oxygen atoms in total. The first-order valence-corrected chi connectivity index (χ1v) is 7.63. The van der Waals surface area contributed by atoms with E-state index in [1.807, 2.05) is 0 Å². The molecule has 0 aliphatic heterocycles. The molecular formula is C17H25NO. The Balaban J connectivity index is 1.78. The first-order chi connectivity index (χ1) is 9.19. The van der Waals surface area contributed by atoms with E-state index in [0.29, 0.717) is 12.5 Å². The molecule has 1 aromatic rings. The van der Waals surface area contributed by atoms with Gasteiger partial charge in [0.15, 0.2) is 0 Å². The van der Waals surface area contributed by atoms with Crippen LogP contribution in [0.1, 0.15) is 42.7 Å². The fourth-order valence-corrected chi connectivity index (χ4v) is 4.38. The second-order valence-corrected chi connectivity index (χ2v) is 6.59. The Morgan fingerprint density at radius 1 is 1.32 bits per heavy atom. The zero-order valence-electron chi connectivity index (χ0n) is 11.8. The van der Waals surface area contributed by atoms with Gasteiger partial charge < -0.3 is 10.8 Å². The largest absolute Gasteiger partial charge is 0.392 e. The number of aliphatic hydroxyl groups excluding tert-OH is 1. The average Bonchev–Trinajstić information content (AvgIpc) is 3.02. The molecular weight excluding hydrogens is 234 g/mol. The molecule has 2 saturated carbocycles. The van der Waals surface area contributed by atoms with E-state index in [-0.39, 0.29) is 12.0 Å². The third-order valence-corrected chi connectivity index (χ3v) is 5.37. The summed E-state index contributed by atoms with van der Waals surface area (Å²) in [4.78, 5) is 0. The predicted molar refractivity (Wildman–Crippen MR) is 77.9 cm³/mol. The molecule has 0 amide bonds. The van der Waals surface area contributed by atoms with Gasteiger partial charge in [0.1, 0.15) is 0 Å². The number of nitrogens with two attached hydrogens (primary N) is 1. The molecule has 5 atom stereocenters. The summed E-state index contributed by atoms with van der Waals surface area (Å²) >= 11 is 0. The van der Waals surface area contributed by atoms with Crippen LogP contribution in [-0.4, -0.2) is 17.8 Å². The summed E-state index contributed by atoms with van der Waals surface area (Å²) in [5, 5.41) is 10.8. The topological polar surface area (TPSA) is 46.2 Å². The Bertz CT molecular complexity index is 445. The first-order valence-electron chi connectivity index (χ1n) is 7.63. The van der Waals surface area contributed by atoms with Crippen LogP contribution in [-0.2, 0) is 0 Å². The van der Waals surface area contributed by atoms with Gasteiger partial charge in [0.05, 0.1) is 6.10 Å². The normalized spacial score (nSPS) is 32.5. The number of fused-ring (bicyclic) bond motifs is 2. The van der Waals surface area contributed by atoms with E-state index in [1.165, 1.54) is 36.8 Å². The maximum atomic E-state index is 10.8. The number of aryl methyl sites for hydroxylation is 1. The highest BCUT2D eigenvalue weighted by atomic mass is 16.3. The molecule has 2 bridgehead atoms. The van der Waals surface area contributed by atoms with Crippen molar-refractivity contribution < 1.29 is 5.11 Å². The van der Waals surface area contributed by atoms with Gasteiger partial charge in [-0.2, -0.15) is 0 Å². The van der Waals surface area contributed by atoms with Crippen LogP contribution in [0.5, 0.6) is 0 Å². The van der Waals surface area contributed by atoms with Crippen LogP contribution < -0.4 is 5.73 Å². The molecule has 5 unspecified atom stereocenters. The Morgan fingerprint density at radius 2 is 2.16 bits per heavy atom. The van der Waals surface area contributed by atoms with Crippen LogP contribution in [0.4, 0.5) is 0 Å². The van der Waals surface area contributed by atoms with Crippen molar-refractivity contribution in [3.05, 3.63) is 35.4 Å². The number of benzene rings is 1. The fraction of sp³-hybridized carbons (Fsp3) is 0.647. The quantitative estimate of drug-likeness (QED) is 0.873. The minimum Gasteiger partial charge on any atom is -0.392 e. The Hall–Kier alpha value is -0.860. The van der Waals surface area contributed by atoms with E-state index < -0.39 is 0 Å². The third-order valence-electron chi connectivity index (χ3n) is 5.37. The molecule has 0 heterocycles. The lowest BCUT2D eigenvalue weighted by Gasteiger charge is -2.32. The lowest BCUT2D eigenvalue weighted by Crippen LogP contribution is -2.35. The number of hydrogen-bond donors (Lipinski definition) is 2. The molecule has 2 fully saturated rings. The molecule has 3 rings (SSSR count). The molecule has 1 aromatic carbocycles. The van der Waals surface area contributed by atoms with Crippen molar-refractivity contribution in [1.29, 1.82) is 0 Å². The Kier molecular flexibility index (Phi) is 3.64. The van der Waals surface area contributed by atoms with Crippen LogP contribution in [0.15, 0.2) is 24.3 Å². The van der Waals surface area contributed by atoms with Crippen molar-refractivity contribution in [3.63, 3.8) is 0 Å². The highest BCUT2D eigenvalue weighted by Crippen LogP contribution is 2.51. The molecule has 104 valence electrons. The van der Waals surface area contributed by atoms with Crippen LogP contribution >= 0.6 is 0 Å². The molecule has 0 radical (unpaired) electrons. The van der Waals surface area contributed by atoms with Crippen LogP contribution in [0, 0.1) is 24.7 Å². The van der Waals surface area contributed by atoms with E-state index in [4.69, 9.17) is 5.73 Å². The van der Waals surface area contributed by atoms with Crippen molar-refractivity contribution >= 4 is 0 Å². The zero-order valence-corrected chi connectivity index (χ0v) is 11.8. The lowest BCUT2D eigenvalue weighted by molar-refractivity contribution is 0.0532. The summed E-state index contributed by atoms with van der Waals surface area (Å²) in [6.45, 7) is 2.64. The first kappa shape index (κ1) is 13.1. The summed E-state index contributed by atoms with van der Waals surface area (Å²) in [5.74, 6) is 2.21. The summed E-state index contributed by atoms with van der Waals surface area (Å²) in [5.41, 5.74) is 8.41. The van der Waals surface area contributed by atoms with E-state index in [1.54, 1.807) is 0 Å². The van der Waals surface area contributed by atoms with Crippen LogP contribution in [0.3, 0.4) is 0 Å². The molecule has 0 spiro atoms. The molecule has 2 aliphatic carbocycles.